The largest absolute Gasteiger partial charge is 0.540 e. The van der Waals surface area contributed by atoms with Gasteiger partial charge in [-0.25, -0.2) is 0 Å². The molecule has 0 aromatic rings. The van der Waals surface area contributed by atoms with Gasteiger partial charge in [-0.1, -0.05) is 129 Å². The van der Waals surface area contributed by atoms with Gasteiger partial charge in [0.15, 0.2) is 12.4 Å². The van der Waals surface area contributed by atoms with E-state index in [0.717, 1.165) is 32.3 Å². The molecule has 0 spiro atoms. The van der Waals surface area contributed by atoms with E-state index in [4.69, 9.17) is 18.9 Å². The molecular formula is C36H68N2O6. The molecule has 0 saturated heterocycles. The molecule has 0 saturated carbocycles. The summed E-state index contributed by atoms with van der Waals surface area (Å²) in [5.41, 5.74) is 0. The fourth-order valence-corrected chi connectivity index (χ4v) is 5.36. The van der Waals surface area contributed by atoms with Crippen molar-refractivity contribution in [3.63, 3.8) is 0 Å². The Labute approximate surface area is 270 Å². The molecule has 0 aromatic carbocycles. The predicted octanol–water partition coefficient (Wildman–Crippen LogP) is 6.84. The lowest BCUT2D eigenvalue weighted by molar-refractivity contribution is -0.461. The number of carboxylic acid groups (broad SMARTS) is 1. The fourth-order valence-electron chi connectivity index (χ4n) is 5.36. The lowest BCUT2D eigenvalue weighted by atomic mass is 10.0. The highest BCUT2D eigenvalue weighted by molar-refractivity contribution is 6.18. The molecule has 1 heterocycles. The number of hydrogen-bond acceptors (Lipinski definition) is 7. The molecule has 0 radical (unpaired) electrons. The summed E-state index contributed by atoms with van der Waals surface area (Å²) < 4.78 is 25.2. The second-order valence-electron chi connectivity index (χ2n) is 12.3. The Balaban J connectivity index is 2.00. The molecule has 258 valence electrons. The van der Waals surface area contributed by atoms with Crippen LogP contribution in [0.15, 0.2) is 12.4 Å². The van der Waals surface area contributed by atoms with Crippen molar-refractivity contribution in [3.05, 3.63) is 12.4 Å². The van der Waals surface area contributed by atoms with Crippen LogP contribution in [0.5, 0.6) is 0 Å². The second-order valence-corrected chi connectivity index (χ2v) is 12.3. The molecule has 8 heteroatoms. The highest BCUT2D eigenvalue weighted by Gasteiger charge is 2.14. The SMILES string of the molecule is CCCCCCCCCCCCCCCCCCOCC(COCCOCCN1C=C[N+](=CC(=O)[O-])C1)OCCCCCC. The number of rotatable bonds is 34. The molecule has 0 aromatic heterocycles. The van der Waals surface area contributed by atoms with Crippen molar-refractivity contribution in [1.29, 1.82) is 0 Å². The van der Waals surface area contributed by atoms with Crippen molar-refractivity contribution in [2.75, 3.05) is 59.5 Å². The van der Waals surface area contributed by atoms with Crippen LogP contribution in [0.3, 0.4) is 0 Å². The first kappa shape index (κ1) is 40.5. The van der Waals surface area contributed by atoms with E-state index in [9.17, 15) is 9.90 Å². The molecule has 0 amide bonds. The third-order valence-electron chi connectivity index (χ3n) is 8.08. The zero-order valence-corrected chi connectivity index (χ0v) is 28.7. The molecule has 1 aliphatic heterocycles. The van der Waals surface area contributed by atoms with Crippen LogP contribution >= 0.6 is 0 Å². The van der Waals surface area contributed by atoms with E-state index in [2.05, 4.69) is 13.8 Å². The van der Waals surface area contributed by atoms with E-state index < -0.39 is 5.97 Å². The van der Waals surface area contributed by atoms with E-state index in [0.29, 0.717) is 46.2 Å². The average Bonchev–Trinajstić information content (AvgIpc) is 3.45. The molecule has 0 fully saturated rings. The number of unbranched alkanes of at least 4 members (excludes halogenated alkanes) is 18. The summed E-state index contributed by atoms with van der Waals surface area (Å²) in [6.07, 6.45) is 31.3. The fraction of sp³-hybridized carbons (Fsp3) is 0.889. The Kier molecular flexibility index (Phi) is 29.0. The molecule has 44 heavy (non-hydrogen) atoms. The van der Waals surface area contributed by atoms with Crippen LogP contribution in [0.25, 0.3) is 0 Å². The Hall–Kier alpha value is -1.48. The van der Waals surface area contributed by atoms with Gasteiger partial charge in [-0.2, -0.15) is 4.58 Å². The van der Waals surface area contributed by atoms with Gasteiger partial charge in [0.2, 0.25) is 6.67 Å². The summed E-state index contributed by atoms with van der Waals surface area (Å²) >= 11 is 0. The standard InChI is InChI=1S/C36H68N2O6/c1-3-5-7-9-10-11-12-13-14-15-16-17-18-19-20-21-26-42-32-35(44-27-22-8-6-4-2)33-43-30-29-41-28-25-37-23-24-38(34-37)31-36(39)40/h23-24,31,35H,3-22,25-30,32-34H2,1-2H3. The van der Waals surface area contributed by atoms with Gasteiger partial charge in [0.05, 0.1) is 39.2 Å². The van der Waals surface area contributed by atoms with Crippen LogP contribution in [0.1, 0.15) is 142 Å². The van der Waals surface area contributed by atoms with Gasteiger partial charge in [-0.05, 0) is 12.8 Å². The van der Waals surface area contributed by atoms with Gasteiger partial charge in [0.1, 0.15) is 12.1 Å². The quantitative estimate of drug-likeness (QED) is 0.0573. The molecule has 1 rings (SSSR count). The molecule has 0 N–H and O–H groups in total. The van der Waals surface area contributed by atoms with Crippen LogP contribution in [-0.4, -0.2) is 87.2 Å². The molecule has 0 aliphatic carbocycles. The minimum Gasteiger partial charge on any atom is -0.540 e. The van der Waals surface area contributed by atoms with Gasteiger partial charge in [0.25, 0.3) is 0 Å². The van der Waals surface area contributed by atoms with Crippen LogP contribution < -0.4 is 5.11 Å². The summed E-state index contributed by atoms with van der Waals surface area (Å²) in [5.74, 6) is -1.20. The first-order chi connectivity index (χ1) is 21.7. The number of hydrogen-bond donors (Lipinski definition) is 0. The van der Waals surface area contributed by atoms with Gasteiger partial charge >= 0.3 is 0 Å². The maximum atomic E-state index is 10.7. The first-order valence-electron chi connectivity index (χ1n) is 18.2. The van der Waals surface area contributed by atoms with E-state index in [1.165, 1.54) is 116 Å². The Morgan fingerprint density at radius 3 is 1.73 bits per heavy atom. The first-order valence-corrected chi connectivity index (χ1v) is 18.2. The van der Waals surface area contributed by atoms with E-state index in [1.54, 1.807) is 10.8 Å². The van der Waals surface area contributed by atoms with Crippen molar-refractivity contribution < 1.29 is 33.4 Å². The maximum Gasteiger partial charge on any atom is 0.223 e. The summed E-state index contributed by atoms with van der Waals surface area (Å²) in [6, 6.07) is 0. The smallest absolute Gasteiger partial charge is 0.223 e. The lowest BCUT2D eigenvalue weighted by Gasteiger charge is -2.18. The van der Waals surface area contributed by atoms with Crippen LogP contribution in [0.4, 0.5) is 0 Å². The zero-order valence-electron chi connectivity index (χ0n) is 28.7. The van der Waals surface area contributed by atoms with Crippen LogP contribution in [0.2, 0.25) is 0 Å². The molecule has 8 nitrogen and oxygen atoms in total. The van der Waals surface area contributed by atoms with Gasteiger partial charge in [0, 0.05) is 19.8 Å². The summed E-state index contributed by atoms with van der Waals surface area (Å²) in [5, 5.41) is 10.7. The molecule has 0 bridgehead atoms. The predicted molar refractivity (Wildman–Crippen MR) is 178 cm³/mol. The van der Waals surface area contributed by atoms with Crippen molar-refractivity contribution >= 4 is 12.2 Å². The average molecular weight is 625 g/mol. The van der Waals surface area contributed by atoms with Crippen molar-refractivity contribution in [3.8, 4) is 0 Å². The summed E-state index contributed by atoms with van der Waals surface area (Å²) in [6.45, 7) is 9.88. The minimum absolute atomic E-state index is 0.0432. The summed E-state index contributed by atoms with van der Waals surface area (Å²) in [4.78, 5) is 12.6. The second kappa shape index (κ2) is 31.5. The van der Waals surface area contributed by atoms with E-state index in [1.807, 2.05) is 11.1 Å². The lowest BCUT2D eigenvalue weighted by Crippen LogP contribution is -2.30. The highest BCUT2D eigenvalue weighted by Crippen LogP contribution is 2.14. The van der Waals surface area contributed by atoms with Gasteiger partial charge < -0.3 is 33.7 Å². The Morgan fingerprint density at radius 2 is 1.16 bits per heavy atom. The number of carbonyl (C=O) groups is 1. The van der Waals surface area contributed by atoms with Gasteiger partial charge in [-0.3, -0.25) is 0 Å². The highest BCUT2D eigenvalue weighted by atomic mass is 16.6. The summed E-state index contributed by atoms with van der Waals surface area (Å²) in [7, 11) is 0. The van der Waals surface area contributed by atoms with Crippen molar-refractivity contribution in [2.45, 2.75) is 148 Å². The van der Waals surface area contributed by atoms with E-state index in [-0.39, 0.29) is 6.10 Å². The van der Waals surface area contributed by atoms with Crippen molar-refractivity contribution in [2.24, 2.45) is 0 Å². The minimum atomic E-state index is -1.20. The van der Waals surface area contributed by atoms with Crippen LogP contribution in [0, 0.1) is 0 Å². The topological polar surface area (TPSA) is 83.3 Å². The maximum absolute atomic E-state index is 10.7. The third kappa shape index (κ3) is 26.9. The third-order valence-corrected chi connectivity index (χ3v) is 8.08. The number of aliphatic carboxylic acids is 1. The van der Waals surface area contributed by atoms with E-state index >= 15 is 0 Å². The monoisotopic (exact) mass is 625 g/mol. The normalized spacial score (nSPS) is 14.7. The Morgan fingerprint density at radius 1 is 0.682 bits per heavy atom. The molecular weight excluding hydrogens is 556 g/mol. The number of carbonyl (C=O) groups excluding carboxylic acids is 1. The Bertz CT molecular complexity index is 702. The van der Waals surface area contributed by atoms with Gasteiger partial charge in [-0.15, -0.1) is 0 Å². The molecule has 1 unspecified atom stereocenters. The molecule has 1 aliphatic rings. The molecule has 1 atom stereocenters. The number of carboxylic acids is 1. The number of nitrogens with zero attached hydrogens (tertiary/aromatic N) is 2. The van der Waals surface area contributed by atoms with Crippen molar-refractivity contribution in [1.82, 2.24) is 4.90 Å². The zero-order chi connectivity index (χ0) is 31.8. The number of ether oxygens (including phenoxy) is 4. The van der Waals surface area contributed by atoms with Crippen LogP contribution in [-0.2, 0) is 23.7 Å².